The number of hydrogen-bond acceptors (Lipinski definition) is 3. The van der Waals surface area contributed by atoms with Crippen molar-refractivity contribution in [2.45, 2.75) is 95.8 Å². The Kier molecular flexibility index (Phi) is 8.12. The molecule has 0 aromatic heterocycles. The molecule has 2 fully saturated rings. The van der Waals surface area contributed by atoms with Gasteiger partial charge in [-0.25, -0.2) is 0 Å². The van der Waals surface area contributed by atoms with Crippen molar-refractivity contribution in [1.82, 2.24) is 10.6 Å². The molecule has 194 valence electrons. The summed E-state index contributed by atoms with van der Waals surface area (Å²) >= 11 is 0. The normalized spacial score (nSPS) is 33.0. The van der Waals surface area contributed by atoms with E-state index in [0.29, 0.717) is 12.8 Å². The molecule has 2 saturated carbocycles. The Hall–Kier alpha value is -1.55. The Balaban J connectivity index is 1.66. The van der Waals surface area contributed by atoms with Crippen LogP contribution in [0.3, 0.4) is 0 Å². The van der Waals surface area contributed by atoms with E-state index in [0.717, 1.165) is 44.3 Å². The van der Waals surface area contributed by atoms with E-state index in [9.17, 15) is 36.2 Å². The number of hydrogen-bond donors (Lipinski definition) is 3. The maximum atomic E-state index is 13.2. The summed E-state index contributed by atoms with van der Waals surface area (Å²) in [4.78, 5) is 13.2. The van der Waals surface area contributed by atoms with E-state index in [-0.39, 0.29) is 42.1 Å². The zero-order valence-electron chi connectivity index (χ0n) is 19.5. The highest BCUT2D eigenvalue weighted by atomic mass is 19.4. The molecule has 0 saturated heterocycles. The van der Waals surface area contributed by atoms with Gasteiger partial charge < -0.3 is 15.7 Å². The lowest BCUT2D eigenvalue weighted by molar-refractivity contribution is -0.166. The van der Waals surface area contributed by atoms with Crippen molar-refractivity contribution >= 4 is 5.91 Å². The van der Waals surface area contributed by atoms with Crippen molar-refractivity contribution in [3.8, 4) is 0 Å². The Bertz CT molecular complexity index is 796. The lowest BCUT2D eigenvalue weighted by atomic mass is 9.74. The highest BCUT2D eigenvalue weighted by Crippen LogP contribution is 2.45. The second-order valence-corrected chi connectivity index (χ2v) is 10.4. The molecule has 0 aromatic rings. The fourth-order valence-corrected chi connectivity index (χ4v) is 5.55. The summed E-state index contributed by atoms with van der Waals surface area (Å²) in [6, 6.07) is 0.380. The largest absolute Gasteiger partial charge is 0.412 e. The molecular formula is C24H34F6N2O2. The summed E-state index contributed by atoms with van der Waals surface area (Å²) in [5.74, 6) is -2.60. The minimum Gasteiger partial charge on any atom is -0.393 e. The second kappa shape index (κ2) is 10.2. The first-order chi connectivity index (χ1) is 15.7. The summed E-state index contributed by atoms with van der Waals surface area (Å²) in [7, 11) is 0. The van der Waals surface area contributed by atoms with Crippen molar-refractivity contribution in [3.63, 3.8) is 0 Å². The van der Waals surface area contributed by atoms with Gasteiger partial charge in [0.2, 0.25) is 5.91 Å². The lowest BCUT2D eigenvalue weighted by Crippen LogP contribution is -2.46. The van der Waals surface area contributed by atoms with Gasteiger partial charge >= 0.3 is 12.4 Å². The van der Waals surface area contributed by atoms with E-state index >= 15 is 0 Å². The quantitative estimate of drug-likeness (QED) is 0.444. The smallest absolute Gasteiger partial charge is 0.393 e. The van der Waals surface area contributed by atoms with E-state index in [2.05, 4.69) is 10.6 Å². The molecule has 0 aromatic carbocycles. The van der Waals surface area contributed by atoms with Crippen molar-refractivity contribution in [1.29, 1.82) is 0 Å². The molecule has 0 aliphatic heterocycles. The Labute approximate surface area is 196 Å². The van der Waals surface area contributed by atoms with Crippen LogP contribution in [0.25, 0.3) is 0 Å². The molecule has 3 N–H and O–H groups in total. The molecule has 10 heteroatoms. The number of carbonyl (C=O) groups is 1. The Morgan fingerprint density at radius 3 is 2.29 bits per heavy atom. The summed E-state index contributed by atoms with van der Waals surface area (Å²) < 4.78 is 79.1. The molecular weight excluding hydrogens is 462 g/mol. The summed E-state index contributed by atoms with van der Waals surface area (Å²) in [6.45, 7) is 3.46. The van der Waals surface area contributed by atoms with Crippen LogP contribution < -0.4 is 10.6 Å². The van der Waals surface area contributed by atoms with Crippen LogP contribution in [-0.2, 0) is 4.79 Å². The molecule has 0 bridgehead atoms. The number of nitrogens with one attached hydrogen (secondary N) is 2. The lowest BCUT2D eigenvalue weighted by Gasteiger charge is -2.34. The molecule has 34 heavy (non-hydrogen) atoms. The molecule has 3 aliphatic rings. The monoisotopic (exact) mass is 496 g/mol. The average Bonchev–Trinajstić information content (AvgIpc) is 3.17. The predicted molar refractivity (Wildman–Crippen MR) is 116 cm³/mol. The van der Waals surface area contributed by atoms with Crippen molar-refractivity contribution in [3.05, 3.63) is 23.3 Å². The van der Waals surface area contributed by atoms with E-state index in [1.807, 2.05) is 13.8 Å². The zero-order chi connectivity index (χ0) is 25.3. The SMILES string of the molecule is CC(C)C1(C(=O)NCC2=CC(C(F)(F)F)CC(C(F)(F)F)=C2)CCC(NC2CCC(O)CC2)C1. The fourth-order valence-electron chi connectivity index (χ4n) is 5.55. The number of rotatable bonds is 6. The molecule has 4 nitrogen and oxygen atoms in total. The van der Waals surface area contributed by atoms with Crippen molar-refractivity contribution < 1.29 is 36.2 Å². The molecule has 0 heterocycles. The first-order valence-corrected chi connectivity index (χ1v) is 12.0. The summed E-state index contributed by atoms with van der Waals surface area (Å²) in [5.41, 5.74) is -2.15. The fraction of sp³-hybridized carbons (Fsp3) is 0.792. The number of alkyl halides is 6. The van der Waals surface area contributed by atoms with E-state index in [1.54, 1.807) is 0 Å². The topological polar surface area (TPSA) is 61.4 Å². The number of amides is 1. The summed E-state index contributed by atoms with van der Waals surface area (Å²) in [5, 5.41) is 15.9. The number of halogens is 6. The minimum atomic E-state index is -4.86. The highest BCUT2D eigenvalue weighted by Gasteiger charge is 2.48. The van der Waals surface area contributed by atoms with Crippen LogP contribution in [-0.4, -0.2) is 48.1 Å². The molecule has 0 spiro atoms. The third-order valence-corrected chi connectivity index (χ3v) is 7.73. The van der Waals surface area contributed by atoms with Crippen LogP contribution in [0.1, 0.15) is 65.2 Å². The first-order valence-electron chi connectivity index (χ1n) is 12.0. The molecule has 3 aliphatic carbocycles. The molecule has 3 atom stereocenters. The second-order valence-electron chi connectivity index (χ2n) is 10.4. The number of aliphatic hydroxyl groups excluding tert-OH is 1. The Morgan fingerprint density at radius 2 is 1.74 bits per heavy atom. The average molecular weight is 497 g/mol. The van der Waals surface area contributed by atoms with Crippen LogP contribution in [0, 0.1) is 17.3 Å². The van der Waals surface area contributed by atoms with E-state index in [1.165, 1.54) is 0 Å². The minimum absolute atomic E-state index is 0.0444. The predicted octanol–water partition coefficient (Wildman–Crippen LogP) is 5.19. The van der Waals surface area contributed by atoms with Crippen LogP contribution >= 0.6 is 0 Å². The maximum Gasteiger partial charge on any atom is 0.412 e. The number of aliphatic hydroxyl groups is 1. The molecule has 1 amide bonds. The van der Waals surface area contributed by atoms with Gasteiger partial charge in [0.1, 0.15) is 0 Å². The third-order valence-electron chi connectivity index (χ3n) is 7.73. The van der Waals surface area contributed by atoms with Gasteiger partial charge in [0, 0.05) is 24.2 Å². The van der Waals surface area contributed by atoms with Gasteiger partial charge in [0.05, 0.1) is 17.4 Å². The van der Waals surface area contributed by atoms with Crippen LogP contribution in [0.15, 0.2) is 23.3 Å². The van der Waals surface area contributed by atoms with Crippen LogP contribution in [0.4, 0.5) is 26.3 Å². The molecule has 0 radical (unpaired) electrons. The zero-order valence-corrected chi connectivity index (χ0v) is 19.5. The van der Waals surface area contributed by atoms with Gasteiger partial charge in [0.15, 0.2) is 0 Å². The van der Waals surface area contributed by atoms with Gasteiger partial charge in [0.25, 0.3) is 0 Å². The van der Waals surface area contributed by atoms with E-state index < -0.39 is 35.7 Å². The number of carbonyl (C=O) groups excluding carboxylic acids is 1. The summed E-state index contributed by atoms with van der Waals surface area (Å²) in [6.07, 6.45) is -4.43. The Morgan fingerprint density at radius 1 is 1.09 bits per heavy atom. The van der Waals surface area contributed by atoms with Gasteiger partial charge in [-0.2, -0.15) is 26.3 Å². The van der Waals surface area contributed by atoms with Gasteiger partial charge in [-0.3, -0.25) is 4.79 Å². The maximum absolute atomic E-state index is 13.2. The van der Waals surface area contributed by atoms with Crippen LogP contribution in [0.5, 0.6) is 0 Å². The van der Waals surface area contributed by atoms with E-state index in [4.69, 9.17) is 0 Å². The van der Waals surface area contributed by atoms with Crippen molar-refractivity contribution in [2.75, 3.05) is 6.54 Å². The highest BCUT2D eigenvalue weighted by molar-refractivity contribution is 5.83. The van der Waals surface area contributed by atoms with Gasteiger partial charge in [-0.05, 0) is 68.9 Å². The van der Waals surface area contributed by atoms with Crippen LogP contribution in [0.2, 0.25) is 0 Å². The number of allylic oxidation sites excluding steroid dienone is 2. The molecule has 3 unspecified atom stereocenters. The van der Waals surface area contributed by atoms with Gasteiger partial charge in [-0.1, -0.05) is 19.9 Å². The van der Waals surface area contributed by atoms with Gasteiger partial charge in [-0.15, -0.1) is 0 Å². The standard InChI is InChI=1S/C24H34F6N2O2/c1-14(2)22(8-7-19(12-22)32-18-3-5-20(33)6-4-18)21(34)31-13-15-9-16(23(25,26)27)11-17(10-15)24(28,29)30/h9-10,14,16,18-20,32-33H,3-8,11-13H2,1-2H3,(H,31,34). The molecule has 3 rings (SSSR count). The third kappa shape index (κ3) is 6.36. The van der Waals surface area contributed by atoms with Crippen molar-refractivity contribution in [2.24, 2.45) is 17.3 Å². The first kappa shape index (κ1) is 27.0.